The minimum absolute atomic E-state index is 0.0252. The molecule has 226 valence electrons. The first-order chi connectivity index (χ1) is 20.2. The number of ether oxygens (including phenoxy) is 1. The predicted molar refractivity (Wildman–Crippen MR) is 147 cm³/mol. The van der Waals surface area contributed by atoms with Gasteiger partial charge in [0.2, 0.25) is 11.5 Å². The van der Waals surface area contributed by atoms with E-state index in [9.17, 15) is 36.6 Å². The summed E-state index contributed by atoms with van der Waals surface area (Å²) in [7, 11) is 0. The molecule has 0 aliphatic heterocycles. The number of thiazole rings is 1. The zero-order valence-electron chi connectivity index (χ0n) is 22.2. The Kier molecular flexibility index (Phi) is 7.96. The maximum absolute atomic E-state index is 14.6. The van der Waals surface area contributed by atoms with Gasteiger partial charge in [-0.15, -0.1) is 0 Å². The summed E-state index contributed by atoms with van der Waals surface area (Å²) >= 11 is 0.874. The van der Waals surface area contributed by atoms with Gasteiger partial charge < -0.3 is 26.6 Å². The topological polar surface area (TPSA) is 153 Å². The highest BCUT2D eigenvalue weighted by molar-refractivity contribution is 7.22. The van der Waals surface area contributed by atoms with Gasteiger partial charge >= 0.3 is 6.18 Å². The lowest BCUT2D eigenvalue weighted by molar-refractivity contribution is -0.265. The zero-order chi connectivity index (χ0) is 31.1. The number of amides is 2. The summed E-state index contributed by atoms with van der Waals surface area (Å²) in [5.41, 5.74) is 5.60. The summed E-state index contributed by atoms with van der Waals surface area (Å²) in [5.74, 6) is -3.40. The number of hydrogen-bond donors (Lipinski definition) is 4. The molecular weight excluding hydrogens is 597 g/mol. The van der Waals surface area contributed by atoms with E-state index in [-0.39, 0.29) is 56.0 Å². The van der Waals surface area contributed by atoms with Crippen LogP contribution >= 0.6 is 11.3 Å². The van der Waals surface area contributed by atoms with Crippen LogP contribution in [0.3, 0.4) is 0 Å². The fourth-order valence-corrected chi connectivity index (χ4v) is 5.14. The molecule has 2 aromatic heterocycles. The molecule has 1 aliphatic rings. The molecule has 15 heteroatoms. The van der Waals surface area contributed by atoms with Crippen molar-refractivity contribution in [3.05, 3.63) is 70.9 Å². The Hall–Kier alpha value is -4.37. The van der Waals surface area contributed by atoms with Crippen molar-refractivity contribution in [2.75, 3.05) is 18.9 Å². The average molecular weight is 622 g/mol. The van der Waals surface area contributed by atoms with Crippen molar-refractivity contribution in [1.29, 1.82) is 0 Å². The molecule has 5 rings (SSSR count). The van der Waals surface area contributed by atoms with E-state index in [0.29, 0.717) is 0 Å². The van der Waals surface area contributed by atoms with Crippen LogP contribution in [-0.2, 0) is 16.8 Å². The standard InChI is InChI=1S/C28H24F5N5O4S/c29-17-5-3-14(4-6-17)22-24(42-11-13-1-2-13)15(10-21(34)39)9-20(37-22)27(41,28(31,32)33)12-36-25(40)16-7-18(30)23-19(8-16)43-26(35)38-23/h3-9,13,41H,1-2,10-12H2,(H2,34,39)(H2,35,38)(H,36,40)/t27-/m0/s1. The lowest BCUT2D eigenvalue weighted by Crippen LogP contribution is -2.51. The molecule has 0 saturated heterocycles. The Balaban J connectivity index is 1.56. The second-order valence-electron chi connectivity index (χ2n) is 10.1. The van der Waals surface area contributed by atoms with Gasteiger partial charge in [-0.3, -0.25) is 9.59 Å². The first-order valence-electron chi connectivity index (χ1n) is 12.9. The number of fused-ring (bicyclic) bond motifs is 1. The summed E-state index contributed by atoms with van der Waals surface area (Å²) in [4.78, 5) is 32.7. The zero-order valence-corrected chi connectivity index (χ0v) is 23.0. The van der Waals surface area contributed by atoms with Gasteiger partial charge in [0.05, 0.1) is 30.0 Å². The van der Waals surface area contributed by atoms with Crippen LogP contribution in [0.4, 0.5) is 27.1 Å². The normalized spacial score (nSPS) is 14.8. The summed E-state index contributed by atoms with van der Waals surface area (Å²) in [6.45, 7) is -1.25. The average Bonchev–Trinajstić information content (AvgIpc) is 3.68. The van der Waals surface area contributed by atoms with Gasteiger partial charge in [0.25, 0.3) is 5.91 Å². The first kappa shape index (κ1) is 30.1. The number of nitrogens with two attached hydrogens (primary N) is 2. The molecule has 1 fully saturated rings. The second-order valence-corrected chi connectivity index (χ2v) is 11.2. The van der Waals surface area contributed by atoms with Gasteiger partial charge in [-0.05, 0) is 61.2 Å². The van der Waals surface area contributed by atoms with E-state index < -0.39 is 53.9 Å². The van der Waals surface area contributed by atoms with Crippen molar-refractivity contribution >= 4 is 38.5 Å². The SMILES string of the molecule is NC(=O)Cc1cc([C@@](O)(CNC(=O)c2cc(F)c3nc(N)sc3c2)C(F)(F)F)nc(-c2ccc(F)cc2)c1OCC1CC1. The minimum Gasteiger partial charge on any atom is -0.491 e. The van der Waals surface area contributed by atoms with Crippen LogP contribution in [0.2, 0.25) is 0 Å². The van der Waals surface area contributed by atoms with E-state index in [1.54, 1.807) is 0 Å². The lowest BCUT2D eigenvalue weighted by Gasteiger charge is -2.31. The molecule has 2 amide bonds. The molecule has 1 saturated carbocycles. The Morgan fingerprint density at radius 2 is 1.79 bits per heavy atom. The van der Waals surface area contributed by atoms with E-state index >= 15 is 0 Å². The van der Waals surface area contributed by atoms with E-state index in [1.807, 2.05) is 5.32 Å². The number of halogens is 5. The molecule has 9 nitrogen and oxygen atoms in total. The fraction of sp³-hybridized carbons (Fsp3) is 0.286. The summed E-state index contributed by atoms with van der Waals surface area (Å²) in [6.07, 6.45) is -4.22. The van der Waals surface area contributed by atoms with Gasteiger partial charge in [-0.25, -0.2) is 18.7 Å². The second kappa shape index (κ2) is 11.4. The van der Waals surface area contributed by atoms with Crippen molar-refractivity contribution < 1.29 is 41.4 Å². The molecule has 0 radical (unpaired) electrons. The van der Waals surface area contributed by atoms with Gasteiger partial charge in [0.1, 0.15) is 22.8 Å². The number of carbonyl (C=O) groups excluding carboxylic acids is 2. The number of rotatable bonds is 10. The van der Waals surface area contributed by atoms with Crippen LogP contribution in [-0.4, -0.2) is 46.2 Å². The number of nitrogens with one attached hydrogen (secondary N) is 1. The van der Waals surface area contributed by atoms with Crippen LogP contribution in [0.15, 0.2) is 42.5 Å². The first-order valence-corrected chi connectivity index (χ1v) is 13.7. The third-order valence-electron chi connectivity index (χ3n) is 6.82. The largest absolute Gasteiger partial charge is 0.491 e. The monoisotopic (exact) mass is 621 g/mol. The molecule has 2 aromatic carbocycles. The van der Waals surface area contributed by atoms with E-state index in [1.165, 1.54) is 18.2 Å². The third kappa shape index (κ3) is 6.37. The van der Waals surface area contributed by atoms with Crippen molar-refractivity contribution in [3.8, 4) is 17.0 Å². The lowest BCUT2D eigenvalue weighted by atomic mass is 9.93. The van der Waals surface area contributed by atoms with Crippen molar-refractivity contribution in [1.82, 2.24) is 15.3 Å². The quantitative estimate of drug-likeness (QED) is 0.194. The highest BCUT2D eigenvalue weighted by Gasteiger charge is 2.56. The van der Waals surface area contributed by atoms with E-state index in [0.717, 1.165) is 48.4 Å². The Morgan fingerprint density at radius 3 is 2.42 bits per heavy atom. The number of carbonyl (C=O) groups is 2. The van der Waals surface area contributed by atoms with Crippen LogP contribution in [0, 0.1) is 17.6 Å². The van der Waals surface area contributed by atoms with E-state index in [2.05, 4.69) is 9.97 Å². The molecule has 4 aromatic rings. The van der Waals surface area contributed by atoms with Crippen LogP contribution in [0.5, 0.6) is 5.75 Å². The number of hydrogen-bond acceptors (Lipinski definition) is 8. The van der Waals surface area contributed by atoms with E-state index in [4.69, 9.17) is 16.2 Å². The highest BCUT2D eigenvalue weighted by Crippen LogP contribution is 2.42. The molecule has 6 N–H and O–H groups in total. The van der Waals surface area contributed by atoms with Gasteiger partial charge in [0.15, 0.2) is 10.9 Å². The third-order valence-corrected chi connectivity index (χ3v) is 7.65. The van der Waals surface area contributed by atoms with Crippen molar-refractivity contribution in [2.24, 2.45) is 11.7 Å². The molecule has 1 atom stereocenters. The van der Waals surface area contributed by atoms with Crippen LogP contribution < -0.4 is 21.5 Å². The molecule has 1 aliphatic carbocycles. The van der Waals surface area contributed by atoms with Gasteiger partial charge in [0, 0.05) is 16.7 Å². The number of aromatic nitrogens is 2. The number of aliphatic hydroxyl groups is 1. The Labute approximate surface area is 244 Å². The number of nitrogens with zero attached hydrogens (tertiary/aromatic N) is 2. The summed E-state index contributed by atoms with van der Waals surface area (Å²) < 4.78 is 78.0. The van der Waals surface area contributed by atoms with Crippen molar-refractivity contribution in [3.63, 3.8) is 0 Å². The Bertz CT molecular complexity index is 1710. The molecule has 0 unspecified atom stereocenters. The smallest absolute Gasteiger partial charge is 0.424 e. The van der Waals surface area contributed by atoms with Gasteiger partial charge in [-0.1, -0.05) is 11.3 Å². The van der Waals surface area contributed by atoms with Crippen LogP contribution in [0.1, 0.15) is 34.5 Å². The predicted octanol–water partition coefficient (Wildman–Crippen LogP) is 4.22. The number of alkyl halides is 3. The number of anilines is 1. The van der Waals surface area contributed by atoms with Crippen molar-refractivity contribution in [2.45, 2.75) is 31.0 Å². The number of primary amides is 1. The summed E-state index contributed by atoms with van der Waals surface area (Å²) in [6, 6.07) is 7.46. The number of nitrogen functional groups attached to an aromatic ring is 1. The highest BCUT2D eigenvalue weighted by atomic mass is 32.1. The Morgan fingerprint density at radius 1 is 1.09 bits per heavy atom. The van der Waals surface area contributed by atoms with Gasteiger partial charge in [-0.2, -0.15) is 13.2 Å². The maximum atomic E-state index is 14.6. The number of benzene rings is 2. The van der Waals surface area contributed by atoms with Crippen LogP contribution in [0.25, 0.3) is 21.5 Å². The molecule has 2 heterocycles. The minimum atomic E-state index is -5.41. The molecule has 0 bridgehead atoms. The molecule has 0 spiro atoms. The maximum Gasteiger partial charge on any atom is 0.424 e. The molecular formula is C28H24F5N5O4S. The fourth-order valence-electron chi connectivity index (χ4n) is 4.35. The number of pyridine rings is 1. The molecule has 43 heavy (non-hydrogen) atoms. The summed E-state index contributed by atoms with van der Waals surface area (Å²) in [5, 5.41) is 13.1.